The first-order valence-corrected chi connectivity index (χ1v) is 3.59. The molecule has 0 aromatic heterocycles. The Balaban J connectivity index is 4.24. The van der Waals surface area contributed by atoms with Gasteiger partial charge in [-0.1, -0.05) is 0 Å². The number of nitrogens with one attached hydrogen (secondary N) is 2. The number of hydrogen-bond acceptors (Lipinski definition) is 2. The molecule has 0 aliphatic carbocycles. The highest BCUT2D eigenvalue weighted by Gasteiger charge is 2.32. The number of hydrogen-bond donors (Lipinski definition) is 2. The van der Waals surface area contributed by atoms with Crippen molar-refractivity contribution in [1.29, 1.82) is 0 Å². The van der Waals surface area contributed by atoms with Crippen LogP contribution in [-0.4, -0.2) is 19.3 Å². The summed E-state index contributed by atoms with van der Waals surface area (Å²) in [6, 6.07) is -0.00398. The number of allylic oxidation sites excluding steroid dienone is 1. The second-order valence-corrected chi connectivity index (χ2v) is 2.63. The Labute approximate surface area is 69.8 Å². The Morgan fingerprint density at radius 2 is 1.83 bits per heavy atom. The summed E-state index contributed by atoms with van der Waals surface area (Å²) in [5.41, 5.74) is -0.767. The van der Waals surface area contributed by atoms with E-state index < -0.39 is 11.9 Å². The molecule has 0 heterocycles. The molecule has 0 aliphatic heterocycles. The summed E-state index contributed by atoms with van der Waals surface area (Å²) < 4.78 is 36.0. The van der Waals surface area contributed by atoms with Crippen molar-refractivity contribution < 1.29 is 13.2 Å². The smallest absolute Gasteiger partial charge is 0.387 e. The molecule has 0 radical (unpaired) electrons. The van der Waals surface area contributed by atoms with Gasteiger partial charge in [-0.05, 0) is 13.8 Å². The van der Waals surface area contributed by atoms with Crippen LogP contribution in [0.2, 0.25) is 0 Å². The molecule has 0 fully saturated rings. The zero-order valence-electron chi connectivity index (χ0n) is 7.29. The Morgan fingerprint density at radius 3 is 2.08 bits per heavy atom. The number of halogens is 3. The van der Waals surface area contributed by atoms with Gasteiger partial charge in [-0.3, -0.25) is 0 Å². The third-order valence-electron chi connectivity index (χ3n) is 1.14. The molecular weight excluding hydrogens is 169 g/mol. The van der Waals surface area contributed by atoms with Gasteiger partial charge in [0.15, 0.2) is 0 Å². The van der Waals surface area contributed by atoms with Crippen molar-refractivity contribution in [3.05, 3.63) is 11.9 Å². The topological polar surface area (TPSA) is 24.1 Å². The third-order valence-corrected chi connectivity index (χ3v) is 1.14. The maximum atomic E-state index is 12.0. The SMILES string of the molecule is CN/C(=C\NC(C)C)C(F)(F)F. The first-order valence-electron chi connectivity index (χ1n) is 3.59. The van der Waals surface area contributed by atoms with Crippen molar-refractivity contribution in [2.24, 2.45) is 0 Å². The number of rotatable bonds is 3. The van der Waals surface area contributed by atoms with Gasteiger partial charge in [0.2, 0.25) is 0 Å². The average Bonchev–Trinajstić information content (AvgIpc) is 1.85. The van der Waals surface area contributed by atoms with E-state index in [9.17, 15) is 13.2 Å². The summed E-state index contributed by atoms with van der Waals surface area (Å²) >= 11 is 0. The molecule has 12 heavy (non-hydrogen) atoms. The predicted molar refractivity (Wildman–Crippen MR) is 41.5 cm³/mol. The summed E-state index contributed by atoms with van der Waals surface area (Å²) in [5, 5.41) is 4.63. The van der Waals surface area contributed by atoms with E-state index in [1.54, 1.807) is 13.8 Å². The van der Waals surface area contributed by atoms with Crippen molar-refractivity contribution in [3.8, 4) is 0 Å². The molecule has 0 amide bonds. The molecule has 0 aliphatic rings. The molecule has 0 aromatic carbocycles. The average molecular weight is 182 g/mol. The van der Waals surface area contributed by atoms with Crippen LogP contribution < -0.4 is 10.6 Å². The van der Waals surface area contributed by atoms with Crippen LogP contribution in [-0.2, 0) is 0 Å². The summed E-state index contributed by atoms with van der Waals surface area (Å²) in [4.78, 5) is 0. The predicted octanol–water partition coefficient (Wildman–Crippen LogP) is 1.61. The van der Waals surface area contributed by atoms with E-state index in [1.165, 1.54) is 7.05 Å². The van der Waals surface area contributed by atoms with Gasteiger partial charge in [0.25, 0.3) is 0 Å². The molecular formula is C7H13F3N2. The maximum absolute atomic E-state index is 12.0. The van der Waals surface area contributed by atoms with Crippen molar-refractivity contribution in [1.82, 2.24) is 10.6 Å². The summed E-state index contributed by atoms with van der Waals surface area (Å²) in [7, 11) is 1.24. The molecule has 0 rings (SSSR count). The maximum Gasteiger partial charge on any atom is 0.432 e. The summed E-state index contributed by atoms with van der Waals surface area (Å²) in [6.07, 6.45) is -3.37. The van der Waals surface area contributed by atoms with Gasteiger partial charge in [0.05, 0.1) is 0 Å². The normalized spacial score (nSPS) is 13.4. The molecule has 2 nitrogen and oxygen atoms in total. The lowest BCUT2D eigenvalue weighted by atomic mass is 10.4. The zero-order valence-corrected chi connectivity index (χ0v) is 7.29. The fourth-order valence-electron chi connectivity index (χ4n) is 0.546. The van der Waals surface area contributed by atoms with Crippen LogP contribution in [0.4, 0.5) is 13.2 Å². The largest absolute Gasteiger partial charge is 0.432 e. The molecule has 0 aromatic rings. The fourth-order valence-corrected chi connectivity index (χ4v) is 0.546. The van der Waals surface area contributed by atoms with E-state index in [0.717, 1.165) is 6.20 Å². The lowest BCUT2D eigenvalue weighted by Crippen LogP contribution is -2.27. The highest BCUT2D eigenvalue weighted by Crippen LogP contribution is 2.22. The highest BCUT2D eigenvalue weighted by molar-refractivity contribution is 5.04. The van der Waals surface area contributed by atoms with Crippen LogP contribution in [0.5, 0.6) is 0 Å². The fraction of sp³-hybridized carbons (Fsp3) is 0.714. The van der Waals surface area contributed by atoms with Gasteiger partial charge in [-0.15, -0.1) is 0 Å². The molecule has 0 bridgehead atoms. The van der Waals surface area contributed by atoms with Crippen molar-refractivity contribution in [2.45, 2.75) is 26.1 Å². The van der Waals surface area contributed by atoms with Gasteiger partial charge in [-0.2, -0.15) is 13.2 Å². The molecule has 72 valence electrons. The van der Waals surface area contributed by atoms with Crippen molar-refractivity contribution >= 4 is 0 Å². The highest BCUT2D eigenvalue weighted by atomic mass is 19.4. The van der Waals surface area contributed by atoms with E-state index in [-0.39, 0.29) is 6.04 Å². The molecule has 0 spiro atoms. The van der Waals surface area contributed by atoms with Gasteiger partial charge in [-0.25, -0.2) is 0 Å². The Bertz CT molecular complexity index is 161. The molecule has 2 N–H and O–H groups in total. The standard InChI is InChI=1S/C7H13F3N2/c1-5(2)12-4-6(11-3)7(8,9)10/h4-5,11-12H,1-3H3/b6-4-. The van der Waals surface area contributed by atoms with Gasteiger partial charge in [0, 0.05) is 19.3 Å². The third kappa shape index (κ3) is 4.10. The first kappa shape index (κ1) is 11.1. The second kappa shape index (κ2) is 4.23. The van der Waals surface area contributed by atoms with E-state index in [0.29, 0.717) is 0 Å². The van der Waals surface area contributed by atoms with Gasteiger partial charge in [0.1, 0.15) is 5.70 Å². The zero-order chi connectivity index (χ0) is 9.78. The molecule has 0 saturated carbocycles. The van der Waals surface area contributed by atoms with Crippen LogP contribution in [0.15, 0.2) is 11.9 Å². The Kier molecular flexibility index (Phi) is 3.92. The van der Waals surface area contributed by atoms with Crippen LogP contribution in [0, 0.1) is 0 Å². The van der Waals surface area contributed by atoms with E-state index in [1.807, 2.05) is 0 Å². The van der Waals surface area contributed by atoms with Crippen LogP contribution >= 0.6 is 0 Å². The van der Waals surface area contributed by atoms with Crippen LogP contribution in [0.3, 0.4) is 0 Å². The Hall–Kier alpha value is -0.870. The van der Waals surface area contributed by atoms with E-state index in [2.05, 4.69) is 10.6 Å². The van der Waals surface area contributed by atoms with E-state index >= 15 is 0 Å². The molecule has 0 saturated heterocycles. The summed E-state index contributed by atoms with van der Waals surface area (Å²) in [5.74, 6) is 0. The minimum absolute atomic E-state index is 0.00398. The number of alkyl halides is 3. The minimum atomic E-state index is -4.31. The van der Waals surface area contributed by atoms with Crippen LogP contribution in [0.25, 0.3) is 0 Å². The lowest BCUT2D eigenvalue weighted by Gasteiger charge is -2.12. The van der Waals surface area contributed by atoms with E-state index in [4.69, 9.17) is 0 Å². The second-order valence-electron chi connectivity index (χ2n) is 2.63. The molecule has 5 heteroatoms. The minimum Gasteiger partial charge on any atom is -0.387 e. The van der Waals surface area contributed by atoms with Crippen LogP contribution in [0.1, 0.15) is 13.8 Å². The summed E-state index contributed by atoms with van der Waals surface area (Å²) in [6.45, 7) is 3.53. The lowest BCUT2D eigenvalue weighted by molar-refractivity contribution is -0.0964. The Morgan fingerprint density at radius 1 is 1.33 bits per heavy atom. The van der Waals surface area contributed by atoms with Gasteiger partial charge < -0.3 is 10.6 Å². The van der Waals surface area contributed by atoms with Gasteiger partial charge >= 0.3 is 6.18 Å². The molecule has 0 unspecified atom stereocenters. The van der Waals surface area contributed by atoms with Crippen molar-refractivity contribution in [2.75, 3.05) is 7.05 Å². The first-order chi connectivity index (χ1) is 5.38. The quantitative estimate of drug-likeness (QED) is 0.692. The van der Waals surface area contributed by atoms with Crippen molar-refractivity contribution in [3.63, 3.8) is 0 Å². The molecule has 0 atom stereocenters. The monoisotopic (exact) mass is 182 g/mol.